The Balaban J connectivity index is 1.56. The maximum atomic E-state index is 12.7. The predicted molar refractivity (Wildman–Crippen MR) is 152 cm³/mol. The second-order valence-electron chi connectivity index (χ2n) is 7.86. The van der Waals surface area contributed by atoms with Gasteiger partial charge in [-0.05, 0) is 100.0 Å². The molecule has 180 valence electrons. The third-order valence-corrected chi connectivity index (χ3v) is 6.36. The first kappa shape index (κ1) is 25.5. The van der Waals surface area contributed by atoms with Crippen LogP contribution < -0.4 is 14.8 Å². The van der Waals surface area contributed by atoms with Gasteiger partial charge >= 0.3 is 0 Å². The molecule has 0 aliphatic heterocycles. The van der Waals surface area contributed by atoms with E-state index in [0.29, 0.717) is 41.0 Å². The van der Waals surface area contributed by atoms with Gasteiger partial charge < -0.3 is 14.8 Å². The maximum Gasteiger partial charge on any atom is 0.266 e. The van der Waals surface area contributed by atoms with E-state index in [2.05, 4.69) is 52.2 Å². The van der Waals surface area contributed by atoms with Gasteiger partial charge in [0, 0.05) is 10.7 Å². The molecule has 5 nitrogen and oxygen atoms in total. The molecule has 0 saturated heterocycles. The summed E-state index contributed by atoms with van der Waals surface area (Å²) >= 11 is 8.07. The van der Waals surface area contributed by atoms with Crippen molar-refractivity contribution in [3.8, 4) is 17.6 Å². The molecule has 0 aliphatic rings. The fraction of sp³-hybridized carbons (Fsp3) is 0.103. The molecule has 0 aromatic heterocycles. The Hall–Kier alpha value is -3.54. The molecule has 7 heteroatoms. The van der Waals surface area contributed by atoms with Gasteiger partial charge in [0.2, 0.25) is 0 Å². The monoisotopic (exact) mass is 608 g/mol. The number of hydrogen-bond donors (Lipinski definition) is 1. The van der Waals surface area contributed by atoms with Crippen LogP contribution in [-0.4, -0.2) is 12.5 Å². The lowest BCUT2D eigenvalue weighted by molar-refractivity contribution is -0.112. The molecule has 4 aromatic carbocycles. The zero-order valence-electron chi connectivity index (χ0n) is 19.4. The van der Waals surface area contributed by atoms with Crippen LogP contribution in [0.4, 0.5) is 5.69 Å². The molecular formula is C29H22ClIN2O3. The van der Waals surface area contributed by atoms with E-state index < -0.39 is 5.91 Å². The Kier molecular flexibility index (Phi) is 8.47. The van der Waals surface area contributed by atoms with Crippen LogP contribution in [0.5, 0.6) is 11.5 Å². The molecule has 36 heavy (non-hydrogen) atoms. The largest absolute Gasteiger partial charge is 0.490 e. The minimum absolute atomic E-state index is 0.0342. The number of amides is 1. The van der Waals surface area contributed by atoms with Crippen LogP contribution in [0.1, 0.15) is 18.1 Å². The van der Waals surface area contributed by atoms with Crippen molar-refractivity contribution in [3.05, 3.63) is 104 Å². The molecule has 0 atom stereocenters. The van der Waals surface area contributed by atoms with Gasteiger partial charge in [-0.1, -0.05) is 48.0 Å². The highest BCUT2D eigenvalue weighted by molar-refractivity contribution is 14.1. The second kappa shape index (κ2) is 11.9. The number of fused-ring (bicyclic) bond motifs is 1. The Labute approximate surface area is 228 Å². The zero-order valence-corrected chi connectivity index (χ0v) is 22.3. The number of nitrogens with zero attached hydrogens (tertiary/aromatic N) is 1. The first-order chi connectivity index (χ1) is 17.5. The predicted octanol–water partition coefficient (Wildman–Crippen LogP) is 7.62. The number of ether oxygens (including phenoxy) is 2. The van der Waals surface area contributed by atoms with E-state index in [4.69, 9.17) is 21.1 Å². The van der Waals surface area contributed by atoms with Gasteiger partial charge in [-0.3, -0.25) is 4.79 Å². The summed E-state index contributed by atoms with van der Waals surface area (Å²) in [7, 11) is 0. The van der Waals surface area contributed by atoms with Crippen LogP contribution in [0.2, 0.25) is 5.02 Å². The second-order valence-corrected chi connectivity index (χ2v) is 9.46. The third-order valence-electron chi connectivity index (χ3n) is 5.31. The summed E-state index contributed by atoms with van der Waals surface area (Å²) < 4.78 is 12.8. The van der Waals surface area contributed by atoms with Gasteiger partial charge in [-0.25, -0.2) is 0 Å². The van der Waals surface area contributed by atoms with Gasteiger partial charge in [-0.15, -0.1) is 0 Å². The Morgan fingerprint density at radius 2 is 1.78 bits per heavy atom. The summed E-state index contributed by atoms with van der Waals surface area (Å²) in [5.41, 5.74) is 2.21. The molecule has 0 spiro atoms. The van der Waals surface area contributed by atoms with Crippen molar-refractivity contribution in [3.63, 3.8) is 0 Å². The lowest BCUT2D eigenvalue weighted by Gasteiger charge is -2.15. The highest BCUT2D eigenvalue weighted by Crippen LogP contribution is 2.36. The first-order valence-corrected chi connectivity index (χ1v) is 12.7. The molecule has 0 heterocycles. The number of nitrogens with one attached hydrogen (secondary N) is 1. The fourth-order valence-electron chi connectivity index (χ4n) is 3.61. The summed E-state index contributed by atoms with van der Waals surface area (Å²) in [6, 6.07) is 26.7. The van der Waals surface area contributed by atoms with Gasteiger partial charge in [0.05, 0.1) is 10.2 Å². The van der Waals surface area contributed by atoms with E-state index >= 15 is 0 Å². The van der Waals surface area contributed by atoms with Gasteiger partial charge in [0.1, 0.15) is 18.2 Å². The average molecular weight is 609 g/mol. The molecule has 4 rings (SSSR count). The quantitative estimate of drug-likeness (QED) is 0.127. The Morgan fingerprint density at radius 3 is 2.50 bits per heavy atom. The highest BCUT2D eigenvalue weighted by Gasteiger charge is 2.15. The highest BCUT2D eigenvalue weighted by atomic mass is 127. The molecule has 0 unspecified atom stereocenters. The van der Waals surface area contributed by atoms with Crippen molar-refractivity contribution in [1.29, 1.82) is 5.26 Å². The van der Waals surface area contributed by atoms with Crippen molar-refractivity contribution < 1.29 is 14.3 Å². The van der Waals surface area contributed by atoms with Gasteiger partial charge in [0.25, 0.3) is 5.91 Å². The van der Waals surface area contributed by atoms with Crippen molar-refractivity contribution in [2.45, 2.75) is 13.5 Å². The third kappa shape index (κ3) is 6.36. The first-order valence-electron chi connectivity index (χ1n) is 11.2. The average Bonchev–Trinajstić information content (AvgIpc) is 2.88. The van der Waals surface area contributed by atoms with Crippen LogP contribution in [0.25, 0.3) is 16.8 Å². The van der Waals surface area contributed by atoms with E-state index in [1.54, 1.807) is 30.3 Å². The molecule has 0 fully saturated rings. The number of carbonyl (C=O) groups excluding carboxylic acids is 1. The van der Waals surface area contributed by atoms with Gasteiger partial charge in [-0.2, -0.15) is 5.26 Å². The SMILES string of the molecule is CCOc1cc(/C=C(\C#N)C(=O)Nc2ccc(Cl)cc2)cc(I)c1OCc1ccc2ccccc2c1. The van der Waals surface area contributed by atoms with Crippen molar-refractivity contribution in [1.82, 2.24) is 0 Å². The molecule has 0 saturated carbocycles. The normalized spacial score (nSPS) is 11.1. The standard InChI is InChI=1S/C29H22ClIN2O3/c1-2-35-27-16-20(14-23(17-32)29(34)33-25-11-9-24(30)10-12-25)15-26(31)28(27)36-18-19-7-8-21-5-3-4-6-22(21)13-19/h3-16H,2,18H2,1H3,(H,33,34)/b23-14+. The topological polar surface area (TPSA) is 71.3 Å². The maximum absolute atomic E-state index is 12.7. The van der Waals surface area contributed by atoms with Crippen molar-refractivity contribution in [2.75, 3.05) is 11.9 Å². The molecule has 0 bridgehead atoms. The van der Waals surface area contributed by atoms with Gasteiger partial charge in [0.15, 0.2) is 11.5 Å². The van der Waals surface area contributed by atoms with E-state index in [9.17, 15) is 10.1 Å². The summed E-state index contributed by atoms with van der Waals surface area (Å²) in [6.07, 6.45) is 1.53. The zero-order chi connectivity index (χ0) is 25.5. The summed E-state index contributed by atoms with van der Waals surface area (Å²) in [5, 5.41) is 15.2. The van der Waals surface area contributed by atoms with Crippen LogP contribution in [0, 0.1) is 14.9 Å². The summed E-state index contributed by atoms with van der Waals surface area (Å²) in [4.78, 5) is 12.7. The van der Waals surface area contributed by atoms with Crippen LogP contribution in [0.15, 0.2) is 84.4 Å². The number of hydrogen-bond acceptors (Lipinski definition) is 4. The summed E-state index contributed by atoms with van der Waals surface area (Å²) in [5.74, 6) is 0.656. The molecule has 1 amide bonds. The van der Waals surface area contributed by atoms with Crippen LogP contribution in [-0.2, 0) is 11.4 Å². The minimum atomic E-state index is -0.510. The number of halogens is 2. The molecule has 4 aromatic rings. The smallest absolute Gasteiger partial charge is 0.266 e. The molecule has 1 N–H and O–H groups in total. The number of rotatable bonds is 8. The number of carbonyl (C=O) groups is 1. The van der Waals surface area contributed by atoms with Crippen LogP contribution >= 0.6 is 34.2 Å². The van der Waals surface area contributed by atoms with E-state index in [0.717, 1.165) is 14.5 Å². The Morgan fingerprint density at radius 1 is 1.03 bits per heavy atom. The lowest BCUT2D eigenvalue weighted by Crippen LogP contribution is -2.13. The van der Waals surface area contributed by atoms with E-state index in [-0.39, 0.29) is 5.57 Å². The Bertz CT molecular complexity index is 1480. The van der Waals surface area contributed by atoms with E-state index in [1.165, 1.54) is 11.5 Å². The number of anilines is 1. The summed E-state index contributed by atoms with van der Waals surface area (Å²) in [6.45, 7) is 2.71. The molecule has 0 aliphatic carbocycles. The van der Waals surface area contributed by atoms with Crippen molar-refractivity contribution in [2.24, 2.45) is 0 Å². The van der Waals surface area contributed by atoms with Crippen LogP contribution in [0.3, 0.4) is 0 Å². The number of benzene rings is 4. The lowest BCUT2D eigenvalue weighted by atomic mass is 10.1. The van der Waals surface area contributed by atoms with Crippen molar-refractivity contribution >= 4 is 62.6 Å². The minimum Gasteiger partial charge on any atom is -0.490 e. The number of nitriles is 1. The van der Waals surface area contributed by atoms with E-state index in [1.807, 2.05) is 37.3 Å². The molecule has 0 radical (unpaired) electrons. The molecular weight excluding hydrogens is 587 g/mol. The fourth-order valence-corrected chi connectivity index (χ4v) is 4.51.